The van der Waals surface area contributed by atoms with Crippen molar-refractivity contribution in [2.75, 3.05) is 4.90 Å². The fourth-order valence-corrected chi connectivity index (χ4v) is 6.29. The van der Waals surface area contributed by atoms with E-state index in [1.54, 1.807) is 9.13 Å². The molecule has 8 rings (SSSR count). The van der Waals surface area contributed by atoms with Crippen molar-refractivity contribution >= 4 is 28.1 Å². The van der Waals surface area contributed by atoms with Crippen LogP contribution in [0.2, 0.25) is 0 Å². The normalized spacial score (nSPS) is 11.1. The van der Waals surface area contributed by atoms with Crippen molar-refractivity contribution in [2.45, 2.75) is 0 Å². The molecule has 0 saturated heterocycles. The summed E-state index contributed by atoms with van der Waals surface area (Å²) < 4.78 is 3.57. The Morgan fingerprint density at radius 2 is 0.638 bits per heavy atom. The van der Waals surface area contributed by atoms with Gasteiger partial charge in [0.15, 0.2) is 0 Å². The molecular weight excluding hydrogens is 574 g/mol. The Balaban J connectivity index is 1.21. The fraction of sp³-hybridized carbons (Fsp3) is 0. The number of para-hydroxylation sites is 3. The lowest BCUT2D eigenvalue weighted by molar-refractivity contribution is 0.930. The van der Waals surface area contributed by atoms with Crippen LogP contribution < -0.4 is 10.6 Å². The summed E-state index contributed by atoms with van der Waals surface area (Å²) in [5, 5.41) is 0. The highest BCUT2D eigenvalue weighted by Crippen LogP contribution is 2.37. The lowest BCUT2D eigenvalue weighted by Crippen LogP contribution is -2.22. The second kappa shape index (κ2) is 12.2. The molecule has 1 aromatic heterocycles. The SMILES string of the molecule is O=c1n(-c2ccccc2)c2ccccc2n1-c1ccc(N(c2ccc(-c3ccccc3)cc2)c2ccc(-c3ccccc3)cc2)cc1. The summed E-state index contributed by atoms with van der Waals surface area (Å²) in [6, 6.07) is 64.2. The van der Waals surface area contributed by atoms with Crippen molar-refractivity contribution in [3.63, 3.8) is 0 Å². The number of anilines is 3. The molecule has 0 fully saturated rings. The average molecular weight is 606 g/mol. The number of aromatic nitrogens is 2. The van der Waals surface area contributed by atoms with E-state index in [1.165, 1.54) is 22.3 Å². The van der Waals surface area contributed by atoms with Crippen LogP contribution in [0.4, 0.5) is 17.1 Å². The number of rotatable bonds is 7. The molecule has 0 aliphatic rings. The van der Waals surface area contributed by atoms with E-state index in [9.17, 15) is 4.79 Å². The van der Waals surface area contributed by atoms with E-state index in [4.69, 9.17) is 0 Å². The minimum atomic E-state index is -0.102. The van der Waals surface area contributed by atoms with Gasteiger partial charge in [0.1, 0.15) is 0 Å². The first-order chi connectivity index (χ1) is 23.2. The Labute approximate surface area is 273 Å². The topological polar surface area (TPSA) is 30.2 Å². The zero-order valence-corrected chi connectivity index (χ0v) is 25.6. The molecule has 0 atom stereocenters. The average Bonchev–Trinajstić information content (AvgIpc) is 3.45. The van der Waals surface area contributed by atoms with Gasteiger partial charge >= 0.3 is 5.69 Å². The number of imidazole rings is 1. The van der Waals surface area contributed by atoms with Crippen LogP contribution in [-0.4, -0.2) is 9.13 Å². The van der Waals surface area contributed by atoms with Gasteiger partial charge in [-0.2, -0.15) is 0 Å². The lowest BCUT2D eigenvalue weighted by Gasteiger charge is -2.26. The smallest absolute Gasteiger partial charge is 0.311 e. The van der Waals surface area contributed by atoms with E-state index in [0.29, 0.717) is 0 Å². The summed E-state index contributed by atoms with van der Waals surface area (Å²) in [5.74, 6) is 0. The van der Waals surface area contributed by atoms with Crippen LogP contribution in [0.3, 0.4) is 0 Å². The van der Waals surface area contributed by atoms with Gasteiger partial charge in [-0.15, -0.1) is 0 Å². The molecule has 0 radical (unpaired) electrons. The first-order valence-corrected chi connectivity index (χ1v) is 15.7. The molecule has 0 amide bonds. The monoisotopic (exact) mass is 605 g/mol. The Morgan fingerprint density at radius 3 is 1.06 bits per heavy atom. The first-order valence-electron chi connectivity index (χ1n) is 15.7. The van der Waals surface area contributed by atoms with Crippen molar-refractivity contribution in [1.82, 2.24) is 9.13 Å². The van der Waals surface area contributed by atoms with Crippen LogP contribution in [0.1, 0.15) is 0 Å². The van der Waals surface area contributed by atoms with Crippen LogP contribution in [0.15, 0.2) is 193 Å². The third-order valence-corrected chi connectivity index (χ3v) is 8.59. The zero-order valence-electron chi connectivity index (χ0n) is 25.6. The number of benzene rings is 7. The summed E-state index contributed by atoms with van der Waals surface area (Å²) in [4.78, 5) is 16.2. The maximum atomic E-state index is 14.0. The van der Waals surface area contributed by atoms with Gasteiger partial charge in [-0.3, -0.25) is 9.13 Å². The van der Waals surface area contributed by atoms with Gasteiger partial charge in [0.05, 0.1) is 22.4 Å². The zero-order chi connectivity index (χ0) is 31.6. The van der Waals surface area contributed by atoms with Crippen LogP contribution in [0.5, 0.6) is 0 Å². The van der Waals surface area contributed by atoms with Crippen molar-refractivity contribution in [3.8, 4) is 33.6 Å². The highest BCUT2D eigenvalue weighted by molar-refractivity contribution is 5.82. The molecule has 8 aromatic rings. The largest absolute Gasteiger partial charge is 0.338 e. The summed E-state index contributed by atoms with van der Waals surface area (Å²) in [6.07, 6.45) is 0. The predicted octanol–water partition coefficient (Wildman–Crippen LogP) is 10.6. The predicted molar refractivity (Wildman–Crippen MR) is 194 cm³/mol. The number of fused-ring (bicyclic) bond motifs is 1. The second-order valence-corrected chi connectivity index (χ2v) is 11.5. The standard InChI is InChI=1S/C43H31N3O/c47-43-45(36-16-8-3-9-17-36)41-18-10-11-19-42(41)46(43)40-30-28-39(29-31-40)44(37-24-20-34(21-25-37)32-12-4-1-5-13-32)38-26-22-35(23-27-38)33-14-6-2-7-15-33/h1-31H. The Morgan fingerprint density at radius 1 is 0.319 bits per heavy atom. The molecule has 4 nitrogen and oxygen atoms in total. The van der Waals surface area contributed by atoms with Gasteiger partial charge in [-0.05, 0) is 95.1 Å². The molecule has 0 unspecified atom stereocenters. The number of hydrogen-bond acceptors (Lipinski definition) is 2. The van der Waals surface area contributed by atoms with Crippen molar-refractivity contribution in [3.05, 3.63) is 199 Å². The van der Waals surface area contributed by atoms with Gasteiger partial charge in [0.25, 0.3) is 0 Å². The van der Waals surface area contributed by atoms with E-state index in [-0.39, 0.29) is 5.69 Å². The van der Waals surface area contributed by atoms with E-state index in [2.05, 4.69) is 114 Å². The van der Waals surface area contributed by atoms with Crippen molar-refractivity contribution in [1.29, 1.82) is 0 Å². The van der Waals surface area contributed by atoms with Gasteiger partial charge in [0.2, 0.25) is 0 Å². The van der Waals surface area contributed by atoms with E-state index in [1.807, 2.05) is 78.9 Å². The molecule has 0 aliphatic heterocycles. The molecule has 1 heterocycles. The Bertz CT molecular complexity index is 2240. The van der Waals surface area contributed by atoms with Crippen molar-refractivity contribution in [2.24, 2.45) is 0 Å². The Kier molecular flexibility index (Phi) is 7.29. The highest BCUT2D eigenvalue weighted by Gasteiger charge is 2.17. The number of nitrogens with zero attached hydrogens (tertiary/aromatic N) is 3. The fourth-order valence-electron chi connectivity index (χ4n) is 6.29. The molecular formula is C43H31N3O. The summed E-state index contributed by atoms with van der Waals surface area (Å²) in [6.45, 7) is 0. The molecule has 7 aromatic carbocycles. The van der Waals surface area contributed by atoms with Gasteiger partial charge < -0.3 is 4.90 Å². The number of hydrogen-bond donors (Lipinski definition) is 0. The molecule has 0 spiro atoms. The van der Waals surface area contributed by atoms with E-state index in [0.717, 1.165) is 39.5 Å². The summed E-state index contributed by atoms with van der Waals surface area (Å²) in [5.41, 5.74) is 11.1. The van der Waals surface area contributed by atoms with E-state index >= 15 is 0 Å². The van der Waals surface area contributed by atoms with Crippen molar-refractivity contribution < 1.29 is 0 Å². The molecule has 4 heteroatoms. The third kappa shape index (κ3) is 5.32. The molecule has 0 N–H and O–H groups in total. The van der Waals surface area contributed by atoms with Crippen LogP contribution in [-0.2, 0) is 0 Å². The Hall–Kier alpha value is -6.39. The second-order valence-electron chi connectivity index (χ2n) is 11.5. The van der Waals surface area contributed by atoms with Gasteiger partial charge in [-0.25, -0.2) is 4.79 Å². The molecule has 0 saturated carbocycles. The molecule has 0 bridgehead atoms. The minimum Gasteiger partial charge on any atom is -0.311 e. The molecule has 47 heavy (non-hydrogen) atoms. The van der Waals surface area contributed by atoms with Gasteiger partial charge in [0, 0.05) is 17.1 Å². The quantitative estimate of drug-likeness (QED) is 0.181. The lowest BCUT2D eigenvalue weighted by atomic mass is 10.0. The van der Waals surface area contributed by atoms with Crippen LogP contribution in [0.25, 0.3) is 44.7 Å². The van der Waals surface area contributed by atoms with Gasteiger partial charge in [-0.1, -0.05) is 115 Å². The minimum absolute atomic E-state index is 0.102. The third-order valence-electron chi connectivity index (χ3n) is 8.59. The summed E-state index contributed by atoms with van der Waals surface area (Å²) >= 11 is 0. The van der Waals surface area contributed by atoms with Crippen LogP contribution in [0, 0.1) is 0 Å². The van der Waals surface area contributed by atoms with Crippen LogP contribution >= 0.6 is 0 Å². The highest BCUT2D eigenvalue weighted by atomic mass is 16.1. The molecule has 0 aliphatic carbocycles. The maximum Gasteiger partial charge on any atom is 0.338 e. The molecule has 224 valence electrons. The maximum absolute atomic E-state index is 14.0. The first kappa shape index (κ1) is 28.1. The van der Waals surface area contributed by atoms with E-state index < -0.39 is 0 Å². The summed E-state index contributed by atoms with van der Waals surface area (Å²) in [7, 11) is 0.